The Bertz CT molecular complexity index is 2070. The molecule has 12 heteroatoms. The van der Waals surface area contributed by atoms with Crippen LogP contribution in [0, 0.1) is 11.3 Å². The Balaban J connectivity index is 1.45. The summed E-state index contributed by atoms with van der Waals surface area (Å²) in [6, 6.07) is 27.6. The van der Waals surface area contributed by atoms with Crippen LogP contribution in [0.3, 0.4) is 0 Å². The second kappa shape index (κ2) is 12.0. The molecule has 0 saturated heterocycles. The minimum atomic E-state index is -0.628. The smallest absolute Gasteiger partial charge is 0.260 e. The third kappa shape index (κ3) is 5.56. The molecule has 0 spiro atoms. The molecule has 0 unspecified atom stereocenters. The van der Waals surface area contributed by atoms with Gasteiger partial charge in [0.05, 0.1) is 11.8 Å². The van der Waals surface area contributed by atoms with Gasteiger partial charge in [0.25, 0.3) is 17.8 Å². The molecule has 6 aromatic rings. The summed E-state index contributed by atoms with van der Waals surface area (Å²) in [6.45, 7) is 0. The zero-order valence-corrected chi connectivity index (χ0v) is 22.8. The van der Waals surface area contributed by atoms with E-state index in [0.717, 1.165) is 0 Å². The second-order valence-corrected chi connectivity index (χ2v) is 9.35. The van der Waals surface area contributed by atoms with Gasteiger partial charge >= 0.3 is 0 Å². The van der Waals surface area contributed by atoms with Crippen LogP contribution in [-0.4, -0.2) is 36.7 Å². The number of amides is 2. The van der Waals surface area contributed by atoms with Crippen molar-refractivity contribution in [1.82, 2.24) is 19.7 Å². The Morgan fingerprint density at radius 1 is 0.818 bits per heavy atom. The van der Waals surface area contributed by atoms with Crippen LogP contribution in [-0.2, 0) is 0 Å². The van der Waals surface area contributed by atoms with Gasteiger partial charge in [-0.1, -0.05) is 42.5 Å². The molecule has 0 aliphatic carbocycles. The SMILES string of the molecule is N#Cc1cnn(-c2ncccn2)c1/N=N/c1cc2ccc(C(=O)Nc3ccccc3)cc2c(C(=O)Nc2ccccc2)c1O. The number of phenolic OH excluding ortho intramolecular Hbond substituents is 1. The van der Waals surface area contributed by atoms with Crippen molar-refractivity contribution in [1.29, 1.82) is 5.26 Å². The van der Waals surface area contributed by atoms with E-state index >= 15 is 0 Å². The summed E-state index contributed by atoms with van der Waals surface area (Å²) in [5.74, 6) is -1.31. The highest BCUT2D eigenvalue weighted by Crippen LogP contribution is 2.39. The van der Waals surface area contributed by atoms with Gasteiger partial charge in [0, 0.05) is 29.3 Å². The lowest BCUT2D eigenvalue weighted by molar-refractivity contribution is 0.101. The quantitative estimate of drug-likeness (QED) is 0.186. The number of phenols is 1. The molecule has 0 aliphatic rings. The van der Waals surface area contributed by atoms with Gasteiger partial charge in [0.2, 0.25) is 0 Å². The molecule has 0 aliphatic heterocycles. The summed E-state index contributed by atoms with van der Waals surface area (Å²) >= 11 is 0. The molecule has 0 fully saturated rings. The normalized spacial score (nSPS) is 10.9. The van der Waals surface area contributed by atoms with E-state index in [4.69, 9.17) is 0 Å². The predicted octanol–water partition coefficient (Wildman–Crippen LogP) is 6.31. The molecule has 0 radical (unpaired) electrons. The van der Waals surface area contributed by atoms with Crippen molar-refractivity contribution < 1.29 is 14.7 Å². The van der Waals surface area contributed by atoms with Gasteiger partial charge < -0.3 is 15.7 Å². The number of benzene rings is 4. The Labute approximate surface area is 250 Å². The van der Waals surface area contributed by atoms with Crippen molar-refractivity contribution in [3.8, 4) is 17.8 Å². The lowest BCUT2D eigenvalue weighted by Gasteiger charge is -2.13. The zero-order valence-electron chi connectivity index (χ0n) is 22.8. The highest BCUT2D eigenvalue weighted by molar-refractivity contribution is 6.17. The molecular formula is C32H21N9O3. The van der Waals surface area contributed by atoms with Crippen LogP contribution in [0.1, 0.15) is 26.3 Å². The van der Waals surface area contributed by atoms with E-state index in [9.17, 15) is 20.0 Å². The van der Waals surface area contributed by atoms with E-state index in [1.807, 2.05) is 18.2 Å². The number of carbonyl (C=O) groups is 2. The summed E-state index contributed by atoms with van der Waals surface area (Å²) in [4.78, 5) is 35.0. The van der Waals surface area contributed by atoms with Gasteiger partial charge in [0.1, 0.15) is 17.3 Å². The topological polar surface area (TPSA) is 171 Å². The van der Waals surface area contributed by atoms with Gasteiger partial charge in [-0.15, -0.1) is 10.2 Å². The van der Waals surface area contributed by atoms with Crippen molar-refractivity contribution in [3.05, 3.63) is 126 Å². The highest BCUT2D eigenvalue weighted by Gasteiger charge is 2.22. The molecule has 212 valence electrons. The summed E-state index contributed by atoms with van der Waals surface area (Å²) < 4.78 is 1.24. The number of aromatic hydroxyl groups is 1. The Morgan fingerprint density at radius 3 is 2.14 bits per heavy atom. The Morgan fingerprint density at radius 2 is 1.48 bits per heavy atom. The maximum absolute atomic E-state index is 13.6. The standard InChI is InChI=1S/C32H21N9O3/c33-18-22-19-36-41(32-34-14-7-15-35-32)29(22)40-39-26-17-20-12-13-21(30(43)37-23-8-3-1-4-9-23)16-25(20)27(28(26)42)31(44)38-24-10-5-2-6-11-24/h1-17,19,42H,(H,37,43)(H,38,44)/b40-39+. The largest absolute Gasteiger partial charge is 0.505 e. The van der Waals surface area contributed by atoms with Gasteiger partial charge in [-0.25, -0.2) is 9.97 Å². The van der Waals surface area contributed by atoms with E-state index in [1.165, 1.54) is 35.4 Å². The van der Waals surface area contributed by atoms with E-state index in [0.29, 0.717) is 22.1 Å². The second-order valence-electron chi connectivity index (χ2n) is 9.35. The third-order valence-corrected chi connectivity index (χ3v) is 6.51. The average molecular weight is 580 g/mol. The first-order valence-electron chi connectivity index (χ1n) is 13.2. The van der Waals surface area contributed by atoms with Crippen molar-refractivity contribution in [2.75, 3.05) is 10.6 Å². The number of hydrogen-bond acceptors (Lipinski definition) is 9. The summed E-state index contributed by atoms with van der Waals surface area (Å²) in [6.07, 6.45) is 4.32. The molecule has 0 saturated carbocycles. The van der Waals surface area contributed by atoms with Crippen molar-refractivity contribution in [2.45, 2.75) is 0 Å². The van der Waals surface area contributed by atoms with Crippen molar-refractivity contribution in [2.24, 2.45) is 10.2 Å². The van der Waals surface area contributed by atoms with Crippen molar-refractivity contribution in [3.63, 3.8) is 0 Å². The molecule has 2 aromatic heterocycles. The fourth-order valence-electron chi connectivity index (χ4n) is 4.42. The lowest BCUT2D eigenvalue weighted by atomic mass is 9.98. The van der Waals surface area contributed by atoms with E-state index in [2.05, 4.69) is 35.9 Å². The maximum atomic E-state index is 13.6. The number of fused-ring (bicyclic) bond motifs is 1. The number of carbonyl (C=O) groups excluding carboxylic acids is 2. The number of rotatable bonds is 7. The third-order valence-electron chi connectivity index (χ3n) is 6.51. The van der Waals surface area contributed by atoms with Crippen LogP contribution in [0.5, 0.6) is 5.75 Å². The van der Waals surface area contributed by atoms with E-state index in [1.54, 1.807) is 66.7 Å². The summed E-state index contributed by atoms with van der Waals surface area (Å²) in [7, 11) is 0. The fraction of sp³-hybridized carbons (Fsp3) is 0. The number of hydrogen-bond donors (Lipinski definition) is 3. The molecule has 0 atom stereocenters. The van der Waals surface area contributed by atoms with Crippen LogP contribution in [0.2, 0.25) is 0 Å². The first-order valence-corrected chi connectivity index (χ1v) is 13.2. The number of azo groups is 1. The van der Waals surface area contributed by atoms with E-state index < -0.39 is 17.6 Å². The van der Waals surface area contributed by atoms with Gasteiger partial charge in [0.15, 0.2) is 11.6 Å². The number of nitriles is 1. The number of nitrogens with one attached hydrogen (secondary N) is 2. The maximum Gasteiger partial charge on any atom is 0.260 e. The predicted molar refractivity (Wildman–Crippen MR) is 162 cm³/mol. The minimum Gasteiger partial charge on any atom is -0.505 e. The average Bonchev–Trinajstić information content (AvgIpc) is 3.47. The fourth-order valence-corrected chi connectivity index (χ4v) is 4.42. The van der Waals surface area contributed by atoms with Crippen LogP contribution in [0.4, 0.5) is 22.9 Å². The van der Waals surface area contributed by atoms with Gasteiger partial charge in [-0.2, -0.15) is 15.0 Å². The summed E-state index contributed by atoms with van der Waals surface area (Å²) in [5, 5.41) is 40.0. The minimum absolute atomic E-state index is 0.0291. The highest BCUT2D eigenvalue weighted by atomic mass is 16.3. The van der Waals surface area contributed by atoms with Crippen LogP contribution < -0.4 is 10.6 Å². The number of aromatic nitrogens is 4. The molecule has 12 nitrogen and oxygen atoms in total. The van der Waals surface area contributed by atoms with Crippen LogP contribution in [0.15, 0.2) is 120 Å². The Kier molecular flexibility index (Phi) is 7.49. The molecule has 2 heterocycles. The lowest BCUT2D eigenvalue weighted by Crippen LogP contribution is -2.14. The monoisotopic (exact) mass is 579 g/mol. The zero-order chi connectivity index (χ0) is 30.5. The molecule has 0 bridgehead atoms. The van der Waals surface area contributed by atoms with Gasteiger partial charge in [-0.3, -0.25) is 9.59 Å². The number of nitrogens with zero attached hydrogens (tertiary/aromatic N) is 7. The number of para-hydroxylation sites is 2. The molecule has 4 aromatic carbocycles. The van der Waals surface area contributed by atoms with Gasteiger partial charge in [-0.05, 0) is 59.3 Å². The van der Waals surface area contributed by atoms with E-state index in [-0.39, 0.29) is 34.1 Å². The summed E-state index contributed by atoms with van der Waals surface area (Å²) in [5.41, 5.74) is 1.31. The Hall–Kier alpha value is -6.74. The molecular weight excluding hydrogens is 558 g/mol. The molecule has 44 heavy (non-hydrogen) atoms. The first kappa shape index (κ1) is 27.4. The molecule has 3 N–H and O–H groups in total. The molecule has 6 rings (SSSR count). The first-order chi connectivity index (χ1) is 21.5. The van der Waals surface area contributed by atoms with Crippen molar-refractivity contribution >= 4 is 45.5 Å². The number of anilines is 2. The van der Waals surface area contributed by atoms with Crippen LogP contribution in [0.25, 0.3) is 16.7 Å². The molecule has 2 amide bonds. The van der Waals surface area contributed by atoms with Crippen LogP contribution >= 0.6 is 0 Å².